The zero-order valence-corrected chi connectivity index (χ0v) is 12.4. The molecule has 90 valence electrons. The van der Waals surface area contributed by atoms with Gasteiger partial charge in [0, 0.05) is 23.6 Å². The highest BCUT2D eigenvalue weighted by atomic mass is 79.9. The topological polar surface area (TPSA) is 37.4 Å². The largest absolute Gasteiger partial charge is 0.224 e. The highest BCUT2D eigenvalue weighted by molar-refractivity contribution is 9.10. The van der Waals surface area contributed by atoms with Crippen LogP contribution in [-0.2, 0) is 16.6 Å². The van der Waals surface area contributed by atoms with Crippen molar-refractivity contribution in [2.24, 2.45) is 0 Å². The second kappa shape index (κ2) is 5.69. The first-order valence-electron chi connectivity index (χ1n) is 4.30. The molecule has 0 aliphatic heterocycles. The van der Waals surface area contributed by atoms with Crippen LogP contribution in [0.4, 0.5) is 0 Å². The molecule has 1 aromatic carbocycles. The summed E-state index contributed by atoms with van der Waals surface area (Å²) in [6.07, 6.45) is 0. The molecule has 0 aliphatic rings. The van der Waals surface area contributed by atoms with E-state index in [1.165, 1.54) is 11.4 Å². The minimum atomic E-state index is -3.26. The van der Waals surface area contributed by atoms with Crippen LogP contribution < -0.4 is 0 Å². The van der Waals surface area contributed by atoms with E-state index >= 15 is 0 Å². The first kappa shape index (κ1) is 14.3. The molecule has 0 fully saturated rings. The Hall–Kier alpha value is 0.190. The summed E-state index contributed by atoms with van der Waals surface area (Å²) in [5, 5.41) is 0.985. The van der Waals surface area contributed by atoms with Gasteiger partial charge in [-0.25, -0.2) is 8.42 Å². The molecule has 0 amide bonds. The van der Waals surface area contributed by atoms with Gasteiger partial charge in [0.05, 0.1) is 0 Å². The lowest BCUT2D eigenvalue weighted by molar-refractivity contribution is 0.471. The van der Waals surface area contributed by atoms with E-state index in [1.54, 1.807) is 18.2 Å². The highest BCUT2D eigenvalue weighted by Gasteiger charge is 2.16. The van der Waals surface area contributed by atoms with Gasteiger partial charge in [0.1, 0.15) is 4.66 Å². The number of benzene rings is 1. The summed E-state index contributed by atoms with van der Waals surface area (Å²) >= 11 is 14.6. The van der Waals surface area contributed by atoms with E-state index in [0.29, 0.717) is 10.0 Å². The van der Waals surface area contributed by atoms with E-state index in [4.69, 9.17) is 23.2 Å². The lowest BCUT2D eigenvalue weighted by atomic mass is 10.2. The van der Waals surface area contributed by atoms with E-state index in [0.717, 1.165) is 5.56 Å². The molecule has 16 heavy (non-hydrogen) atoms. The second-order valence-electron chi connectivity index (χ2n) is 3.25. The third-order valence-electron chi connectivity index (χ3n) is 1.94. The molecule has 1 aromatic rings. The van der Waals surface area contributed by atoms with Crippen molar-refractivity contribution in [1.82, 2.24) is 4.31 Å². The number of sulfonamides is 1. The first-order valence-corrected chi connectivity index (χ1v) is 7.79. The van der Waals surface area contributed by atoms with Gasteiger partial charge in [-0.1, -0.05) is 39.1 Å². The van der Waals surface area contributed by atoms with Gasteiger partial charge in [0.15, 0.2) is 0 Å². The fraction of sp³-hybridized carbons (Fsp3) is 0.333. The van der Waals surface area contributed by atoms with E-state index in [1.807, 2.05) is 0 Å². The van der Waals surface area contributed by atoms with E-state index in [2.05, 4.69) is 15.9 Å². The Morgan fingerprint density at radius 2 is 1.75 bits per heavy atom. The minimum absolute atomic E-state index is 0.106. The Kier molecular flexibility index (Phi) is 5.07. The van der Waals surface area contributed by atoms with E-state index < -0.39 is 10.0 Å². The van der Waals surface area contributed by atoms with Crippen LogP contribution in [0.15, 0.2) is 18.2 Å². The van der Waals surface area contributed by atoms with Crippen molar-refractivity contribution in [3.63, 3.8) is 0 Å². The zero-order chi connectivity index (χ0) is 12.3. The zero-order valence-electron chi connectivity index (χ0n) is 8.45. The monoisotopic (exact) mass is 345 g/mol. The summed E-state index contributed by atoms with van der Waals surface area (Å²) in [6.45, 7) is 0.244. The van der Waals surface area contributed by atoms with Crippen molar-refractivity contribution in [3.8, 4) is 0 Å². The quantitative estimate of drug-likeness (QED) is 0.785. The van der Waals surface area contributed by atoms with Crippen molar-refractivity contribution in [3.05, 3.63) is 33.8 Å². The van der Waals surface area contributed by atoms with Crippen LogP contribution in [0.3, 0.4) is 0 Å². The van der Waals surface area contributed by atoms with Gasteiger partial charge in [-0.05, 0) is 23.8 Å². The SMILES string of the molecule is CN(Cc1cc(Cl)cc(Cl)c1)S(=O)(=O)CBr. The summed E-state index contributed by atoms with van der Waals surface area (Å²) < 4.78 is 24.1. The number of hydrogen-bond donors (Lipinski definition) is 0. The van der Waals surface area contributed by atoms with Gasteiger partial charge in [-0.3, -0.25) is 0 Å². The molecule has 7 heteroatoms. The average molecular weight is 347 g/mol. The molecular formula is C9H10BrCl2NO2S. The lowest BCUT2D eigenvalue weighted by Crippen LogP contribution is -2.27. The summed E-state index contributed by atoms with van der Waals surface area (Å²) in [6, 6.07) is 4.98. The minimum Gasteiger partial charge on any atom is -0.211 e. The highest BCUT2D eigenvalue weighted by Crippen LogP contribution is 2.20. The summed E-state index contributed by atoms with van der Waals surface area (Å²) in [4.78, 5) is 0. The molecule has 0 heterocycles. The predicted molar refractivity (Wildman–Crippen MR) is 70.6 cm³/mol. The molecule has 3 nitrogen and oxygen atoms in total. The Balaban J connectivity index is 2.89. The molecule has 0 saturated carbocycles. The smallest absolute Gasteiger partial charge is 0.211 e. The maximum Gasteiger partial charge on any atom is 0.224 e. The Bertz CT molecular complexity index is 458. The fourth-order valence-corrected chi connectivity index (χ4v) is 3.27. The molecule has 0 spiro atoms. The van der Waals surface area contributed by atoms with Crippen LogP contribution in [0, 0.1) is 0 Å². The van der Waals surface area contributed by atoms with Crippen LogP contribution in [0.1, 0.15) is 5.56 Å². The summed E-state index contributed by atoms with van der Waals surface area (Å²) in [5.41, 5.74) is 0.754. The lowest BCUT2D eigenvalue weighted by Gasteiger charge is -2.15. The maximum absolute atomic E-state index is 11.5. The molecule has 0 aromatic heterocycles. The van der Waals surface area contributed by atoms with Gasteiger partial charge in [0.25, 0.3) is 0 Å². The second-order valence-corrected chi connectivity index (χ2v) is 7.51. The third kappa shape index (κ3) is 3.89. The van der Waals surface area contributed by atoms with Crippen LogP contribution in [0.5, 0.6) is 0 Å². The molecule has 0 aliphatic carbocycles. The van der Waals surface area contributed by atoms with Gasteiger partial charge in [0.2, 0.25) is 10.0 Å². The number of hydrogen-bond acceptors (Lipinski definition) is 2. The molecule has 1 rings (SSSR count). The predicted octanol–water partition coefficient (Wildman–Crippen LogP) is 3.11. The number of rotatable bonds is 4. The van der Waals surface area contributed by atoms with E-state index in [9.17, 15) is 8.42 Å². The summed E-state index contributed by atoms with van der Waals surface area (Å²) in [5.74, 6) is 0. The van der Waals surface area contributed by atoms with Gasteiger partial charge < -0.3 is 0 Å². The Morgan fingerprint density at radius 1 is 1.25 bits per heavy atom. The molecular weight excluding hydrogens is 337 g/mol. The van der Waals surface area contributed by atoms with Crippen LogP contribution in [0.25, 0.3) is 0 Å². The molecule has 0 atom stereocenters. The molecule has 0 N–H and O–H groups in total. The average Bonchev–Trinajstić information content (AvgIpc) is 2.15. The molecule has 0 radical (unpaired) electrons. The molecule has 0 bridgehead atoms. The van der Waals surface area contributed by atoms with Crippen molar-refractivity contribution in [2.45, 2.75) is 6.54 Å². The maximum atomic E-state index is 11.5. The van der Waals surface area contributed by atoms with Gasteiger partial charge >= 0.3 is 0 Å². The van der Waals surface area contributed by atoms with E-state index in [-0.39, 0.29) is 11.2 Å². The molecule has 0 saturated heterocycles. The van der Waals surface area contributed by atoms with Crippen molar-refractivity contribution in [2.75, 3.05) is 11.7 Å². The van der Waals surface area contributed by atoms with Crippen LogP contribution in [0.2, 0.25) is 10.0 Å². The first-order chi connectivity index (χ1) is 7.35. The van der Waals surface area contributed by atoms with Gasteiger partial charge in [-0.2, -0.15) is 4.31 Å². The number of halogens is 3. The fourth-order valence-electron chi connectivity index (χ4n) is 1.14. The Labute approximate surface area is 114 Å². The number of nitrogens with zero attached hydrogens (tertiary/aromatic N) is 1. The van der Waals surface area contributed by atoms with Gasteiger partial charge in [-0.15, -0.1) is 0 Å². The summed E-state index contributed by atoms with van der Waals surface area (Å²) in [7, 11) is -1.75. The normalized spacial score (nSPS) is 12.1. The van der Waals surface area contributed by atoms with Crippen LogP contribution >= 0.6 is 39.1 Å². The van der Waals surface area contributed by atoms with Crippen molar-refractivity contribution in [1.29, 1.82) is 0 Å². The van der Waals surface area contributed by atoms with Crippen molar-refractivity contribution < 1.29 is 8.42 Å². The standard InChI is InChI=1S/C9H10BrCl2NO2S/c1-13(16(14,15)6-10)5-7-2-8(11)4-9(12)3-7/h2-4H,5-6H2,1H3. The number of alkyl halides is 1. The molecule has 0 unspecified atom stereocenters. The van der Waals surface area contributed by atoms with Crippen molar-refractivity contribution >= 4 is 49.2 Å². The van der Waals surface area contributed by atoms with Crippen LogP contribution in [-0.4, -0.2) is 24.4 Å². The third-order valence-corrected chi connectivity index (χ3v) is 5.47. The Morgan fingerprint density at radius 3 is 2.19 bits per heavy atom.